The molecular weight excluding hydrogens is 536 g/mol. The molecule has 4 heterocycles. The van der Waals surface area contributed by atoms with Crippen LogP contribution >= 0.6 is 0 Å². The van der Waals surface area contributed by atoms with Crippen LogP contribution in [0.5, 0.6) is 0 Å². The highest BCUT2D eigenvalue weighted by Crippen LogP contribution is 2.41. The van der Waals surface area contributed by atoms with Gasteiger partial charge in [0.15, 0.2) is 0 Å². The van der Waals surface area contributed by atoms with E-state index in [1.807, 2.05) is 6.07 Å². The zero-order valence-corrected chi connectivity index (χ0v) is 23.9. The third-order valence-corrected chi connectivity index (χ3v) is 8.76. The Morgan fingerprint density at radius 3 is 1.86 bits per heavy atom. The van der Waals surface area contributed by atoms with E-state index in [1.165, 1.54) is 32.6 Å². The van der Waals surface area contributed by atoms with Gasteiger partial charge in [0.2, 0.25) is 0 Å². The number of benzene rings is 5. The molecule has 0 saturated heterocycles. The Labute approximate surface area is 254 Å². The quantitative estimate of drug-likeness (QED) is 0.231. The van der Waals surface area contributed by atoms with Crippen molar-refractivity contribution in [1.29, 1.82) is 0 Å². The molecule has 208 valence electrons. The minimum atomic E-state index is 0.0710. The second kappa shape index (κ2) is 9.85. The number of allylic oxidation sites excluding steroid dienone is 2. The summed E-state index contributed by atoms with van der Waals surface area (Å²) in [7, 11) is 0. The van der Waals surface area contributed by atoms with E-state index in [-0.39, 0.29) is 6.04 Å². The Bertz CT molecular complexity index is 2410. The zero-order chi connectivity index (χ0) is 29.0. The molecule has 5 aromatic carbocycles. The molecule has 0 radical (unpaired) electrons. The molecule has 3 aromatic heterocycles. The molecule has 1 N–H and O–H groups in total. The highest BCUT2D eigenvalue weighted by Gasteiger charge is 2.23. The van der Waals surface area contributed by atoms with Crippen molar-refractivity contribution in [3.8, 4) is 17.1 Å². The van der Waals surface area contributed by atoms with Crippen LogP contribution in [0, 0.1) is 0 Å². The Hall–Kier alpha value is -5.87. The molecule has 44 heavy (non-hydrogen) atoms. The molecule has 1 aliphatic rings. The highest BCUT2D eigenvalue weighted by atomic mass is 15.2. The third-order valence-electron chi connectivity index (χ3n) is 8.76. The first kappa shape index (κ1) is 24.7. The summed E-state index contributed by atoms with van der Waals surface area (Å²) >= 11 is 0. The van der Waals surface area contributed by atoms with E-state index in [1.54, 1.807) is 0 Å². The van der Waals surface area contributed by atoms with Gasteiger partial charge in [0, 0.05) is 27.1 Å². The van der Waals surface area contributed by atoms with Gasteiger partial charge in [-0.3, -0.25) is 9.13 Å². The predicted octanol–water partition coefficient (Wildman–Crippen LogP) is 9.65. The normalized spacial score (nSPS) is 14.8. The summed E-state index contributed by atoms with van der Waals surface area (Å²) in [6, 6.07) is 49.4. The van der Waals surface area contributed by atoms with E-state index in [2.05, 4.69) is 166 Å². The number of nitrogens with zero attached hydrogens (tertiary/aromatic N) is 3. The molecule has 4 nitrogen and oxygen atoms in total. The SMILES string of the molecule is C1=CC(c2ccccc2)NC(n2c3ccccc3c3ccc4c5ccccc5n(-c5cccc(-c6ccccc6)n5)c4c32)=C1. The van der Waals surface area contributed by atoms with E-state index < -0.39 is 0 Å². The molecule has 0 bridgehead atoms. The number of nitrogens with one attached hydrogen (secondary N) is 1. The van der Waals surface area contributed by atoms with Crippen LogP contribution in [-0.2, 0) is 0 Å². The van der Waals surface area contributed by atoms with Gasteiger partial charge in [0.05, 0.1) is 33.8 Å². The molecule has 4 heteroatoms. The number of para-hydroxylation sites is 2. The molecule has 0 aliphatic carbocycles. The van der Waals surface area contributed by atoms with Crippen molar-refractivity contribution < 1.29 is 0 Å². The van der Waals surface area contributed by atoms with Crippen LogP contribution in [0.1, 0.15) is 11.6 Å². The van der Waals surface area contributed by atoms with Gasteiger partial charge in [0.25, 0.3) is 0 Å². The molecule has 1 aliphatic heterocycles. The first-order chi connectivity index (χ1) is 21.8. The second-order valence-electron chi connectivity index (χ2n) is 11.3. The molecule has 0 fully saturated rings. The van der Waals surface area contributed by atoms with Gasteiger partial charge >= 0.3 is 0 Å². The molecule has 0 saturated carbocycles. The van der Waals surface area contributed by atoms with E-state index in [9.17, 15) is 0 Å². The fourth-order valence-electron chi connectivity index (χ4n) is 6.81. The van der Waals surface area contributed by atoms with Crippen LogP contribution < -0.4 is 5.32 Å². The number of hydrogen-bond donors (Lipinski definition) is 1. The van der Waals surface area contributed by atoms with Crippen LogP contribution in [0.3, 0.4) is 0 Å². The number of pyridine rings is 1. The van der Waals surface area contributed by atoms with E-state index >= 15 is 0 Å². The summed E-state index contributed by atoms with van der Waals surface area (Å²) in [4.78, 5) is 5.25. The average molecular weight is 565 g/mol. The monoisotopic (exact) mass is 564 g/mol. The minimum absolute atomic E-state index is 0.0710. The fraction of sp³-hybridized carbons (Fsp3) is 0.0250. The number of rotatable bonds is 4. The number of fused-ring (bicyclic) bond motifs is 7. The summed E-state index contributed by atoms with van der Waals surface area (Å²) < 4.78 is 4.76. The summed E-state index contributed by atoms with van der Waals surface area (Å²) in [5.41, 5.74) is 7.89. The van der Waals surface area contributed by atoms with Crippen LogP contribution in [0.2, 0.25) is 0 Å². The van der Waals surface area contributed by atoms with Gasteiger partial charge in [-0.15, -0.1) is 0 Å². The zero-order valence-electron chi connectivity index (χ0n) is 23.9. The summed E-state index contributed by atoms with van der Waals surface area (Å²) in [6.07, 6.45) is 6.58. The second-order valence-corrected chi connectivity index (χ2v) is 11.3. The molecule has 1 atom stereocenters. The van der Waals surface area contributed by atoms with Crippen molar-refractivity contribution >= 4 is 49.4 Å². The van der Waals surface area contributed by atoms with Gasteiger partial charge < -0.3 is 5.32 Å². The topological polar surface area (TPSA) is 34.8 Å². The predicted molar refractivity (Wildman–Crippen MR) is 183 cm³/mol. The highest BCUT2D eigenvalue weighted by molar-refractivity contribution is 6.24. The lowest BCUT2D eigenvalue weighted by Crippen LogP contribution is -2.23. The maximum absolute atomic E-state index is 5.25. The van der Waals surface area contributed by atoms with Crippen LogP contribution in [0.25, 0.3) is 66.5 Å². The van der Waals surface area contributed by atoms with Gasteiger partial charge in [0.1, 0.15) is 11.6 Å². The smallest absolute Gasteiger partial charge is 0.138 e. The Morgan fingerprint density at radius 2 is 1.14 bits per heavy atom. The van der Waals surface area contributed by atoms with Gasteiger partial charge in [-0.2, -0.15) is 0 Å². The maximum Gasteiger partial charge on any atom is 0.138 e. The van der Waals surface area contributed by atoms with E-state index in [0.717, 1.165) is 39.4 Å². The van der Waals surface area contributed by atoms with Gasteiger partial charge in [-0.25, -0.2) is 4.98 Å². The number of dihydropyridines is 1. The van der Waals surface area contributed by atoms with Crippen LogP contribution in [0.4, 0.5) is 0 Å². The molecule has 0 amide bonds. The van der Waals surface area contributed by atoms with Crippen molar-refractivity contribution in [2.75, 3.05) is 0 Å². The number of hydrogen-bond acceptors (Lipinski definition) is 2. The molecule has 1 unspecified atom stereocenters. The lowest BCUT2D eigenvalue weighted by Gasteiger charge is -2.24. The standard InChI is InChI=1S/C40H28N4/c1-3-13-27(14-4-1)33-19-11-23-37(41-33)43-35-21-9-7-17-29(35)31-25-26-32-30-18-8-10-22-36(30)44(40(32)39(31)43)38-24-12-20-34(42-38)28-15-5-2-6-16-28/h1-26,33,41H. The van der Waals surface area contributed by atoms with Crippen LogP contribution in [0.15, 0.2) is 158 Å². The molecule has 8 aromatic rings. The maximum atomic E-state index is 5.25. The Morgan fingerprint density at radius 1 is 0.523 bits per heavy atom. The fourth-order valence-corrected chi connectivity index (χ4v) is 6.81. The minimum Gasteiger partial charge on any atom is -0.361 e. The lowest BCUT2D eigenvalue weighted by molar-refractivity contribution is 0.736. The molecule has 0 spiro atoms. The van der Waals surface area contributed by atoms with Crippen molar-refractivity contribution in [2.24, 2.45) is 0 Å². The van der Waals surface area contributed by atoms with Crippen molar-refractivity contribution in [3.05, 3.63) is 163 Å². The average Bonchev–Trinajstić information content (AvgIpc) is 3.62. The summed E-state index contributed by atoms with van der Waals surface area (Å²) in [5.74, 6) is 1.94. The molecular formula is C40H28N4. The van der Waals surface area contributed by atoms with Gasteiger partial charge in [-0.05, 0) is 35.9 Å². The Balaban J connectivity index is 1.37. The largest absolute Gasteiger partial charge is 0.361 e. The first-order valence-corrected chi connectivity index (χ1v) is 15.0. The van der Waals surface area contributed by atoms with E-state index in [4.69, 9.17) is 4.98 Å². The van der Waals surface area contributed by atoms with Crippen molar-refractivity contribution in [3.63, 3.8) is 0 Å². The van der Waals surface area contributed by atoms with Crippen LogP contribution in [-0.4, -0.2) is 14.1 Å². The summed E-state index contributed by atoms with van der Waals surface area (Å²) in [6.45, 7) is 0. The van der Waals surface area contributed by atoms with Gasteiger partial charge in [-0.1, -0.05) is 127 Å². The number of aromatic nitrogens is 3. The first-order valence-electron chi connectivity index (χ1n) is 15.0. The summed E-state index contributed by atoms with van der Waals surface area (Å²) in [5, 5.41) is 8.71. The molecule has 9 rings (SSSR count). The van der Waals surface area contributed by atoms with Crippen molar-refractivity contribution in [1.82, 2.24) is 19.4 Å². The van der Waals surface area contributed by atoms with Crippen molar-refractivity contribution in [2.45, 2.75) is 6.04 Å². The third kappa shape index (κ3) is 3.74. The van der Waals surface area contributed by atoms with E-state index in [0.29, 0.717) is 0 Å². The Kier molecular flexibility index (Phi) is 5.53. The lowest BCUT2D eigenvalue weighted by atomic mass is 10.0.